The van der Waals surface area contributed by atoms with E-state index in [2.05, 4.69) is 12.6 Å². The Labute approximate surface area is 106 Å². The maximum absolute atomic E-state index is 12.7. The highest BCUT2D eigenvalue weighted by atomic mass is 35.5. The van der Waals surface area contributed by atoms with E-state index in [9.17, 15) is 23.4 Å². The average Bonchev–Trinajstić information content (AvgIpc) is 2.25. The van der Waals surface area contributed by atoms with Gasteiger partial charge < -0.3 is 10.2 Å². The molecule has 0 radical (unpaired) electrons. The second-order valence-electron chi connectivity index (χ2n) is 3.42. The number of aliphatic hydroxyl groups excluding tert-OH is 2. The Kier molecular flexibility index (Phi) is 4.71. The minimum Gasteiger partial charge on any atom is -0.389 e. The predicted octanol–water partition coefficient (Wildman–Crippen LogP) is 2.68. The van der Waals surface area contributed by atoms with Crippen LogP contribution in [-0.4, -0.2) is 22.1 Å². The largest absolute Gasteiger partial charge is 0.416 e. The third kappa shape index (κ3) is 3.51. The predicted molar refractivity (Wildman–Crippen MR) is 61.3 cm³/mol. The summed E-state index contributed by atoms with van der Waals surface area (Å²) in [6.07, 6.45) is -7.67. The minimum atomic E-state index is -4.64. The van der Waals surface area contributed by atoms with Crippen LogP contribution in [0.15, 0.2) is 18.2 Å². The fourth-order valence-corrected chi connectivity index (χ4v) is 1.71. The van der Waals surface area contributed by atoms with E-state index in [0.29, 0.717) is 6.07 Å². The second-order valence-corrected chi connectivity index (χ2v) is 4.23. The van der Waals surface area contributed by atoms with Crippen LogP contribution in [0, 0.1) is 0 Å². The first-order chi connectivity index (χ1) is 7.77. The van der Waals surface area contributed by atoms with Gasteiger partial charge in [-0.2, -0.15) is 25.8 Å². The van der Waals surface area contributed by atoms with Gasteiger partial charge in [0.15, 0.2) is 0 Å². The molecule has 2 nitrogen and oxygen atoms in total. The van der Waals surface area contributed by atoms with Crippen LogP contribution in [0.25, 0.3) is 0 Å². The fourth-order valence-electron chi connectivity index (χ4n) is 1.34. The van der Waals surface area contributed by atoms with Crippen LogP contribution in [0.1, 0.15) is 17.2 Å². The summed E-state index contributed by atoms with van der Waals surface area (Å²) in [5.41, 5.74) is -1.47. The van der Waals surface area contributed by atoms with Gasteiger partial charge in [0.05, 0.1) is 11.7 Å². The van der Waals surface area contributed by atoms with Crippen molar-refractivity contribution in [3.8, 4) is 0 Å². The number of hydrogen-bond acceptors (Lipinski definition) is 3. The number of alkyl halides is 3. The van der Waals surface area contributed by atoms with Crippen molar-refractivity contribution < 1.29 is 23.4 Å². The number of halogens is 4. The molecule has 0 spiro atoms. The van der Waals surface area contributed by atoms with E-state index in [4.69, 9.17) is 11.6 Å². The summed E-state index contributed by atoms with van der Waals surface area (Å²) in [5.74, 6) is -0.152. The molecule has 2 atom stereocenters. The van der Waals surface area contributed by atoms with E-state index in [0.717, 1.165) is 6.07 Å². The van der Waals surface area contributed by atoms with E-state index in [1.807, 2.05) is 0 Å². The van der Waals surface area contributed by atoms with E-state index in [1.54, 1.807) is 0 Å². The fraction of sp³-hybridized carbons (Fsp3) is 0.400. The summed E-state index contributed by atoms with van der Waals surface area (Å²) in [4.78, 5) is 0. The molecule has 0 amide bonds. The molecule has 0 saturated heterocycles. The van der Waals surface area contributed by atoms with Crippen LogP contribution in [0.5, 0.6) is 0 Å². The molecule has 17 heavy (non-hydrogen) atoms. The molecule has 0 aliphatic rings. The highest BCUT2D eigenvalue weighted by Gasteiger charge is 2.36. The van der Waals surface area contributed by atoms with Crippen LogP contribution in [-0.2, 0) is 6.18 Å². The Bertz CT molecular complexity index is 398. The van der Waals surface area contributed by atoms with E-state index < -0.39 is 29.5 Å². The molecule has 0 aliphatic carbocycles. The van der Waals surface area contributed by atoms with E-state index in [-0.39, 0.29) is 10.8 Å². The number of rotatable bonds is 3. The molecular formula is C10H10ClF3O2S. The van der Waals surface area contributed by atoms with Crippen molar-refractivity contribution in [2.75, 3.05) is 5.75 Å². The highest BCUT2D eigenvalue weighted by Crippen LogP contribution is 2.37. The highest BCUT2D eigenvalue weighted by molar-refractivity contribution is 7.80. The Morgan fingerprint density at radius 3 is 2.35 bits per heavy atom. The van der Waals surface area contributed by atoms with Gasteiger partial charge in [0.2, 0.25) is 0 Å². The molecule has 0 fully saturated rings. The lowest BCUT2D eigenvalue weighted by atomic mass is 9.99. The van der Waals surface area contributed by atoms with Crippen molar-refractivity contribution in [1.29, 1.82) is 0 Å². The Hall–Kier alpha value is -0.430. The number of aliphatic hydroxyl groups is 2. The SMILES string of the molecule is OC(CS)C(O)c1ccc(Cl)cc1C(F)(F)F. The second kappa shape index (κ2) is 5.48. The first kappa shape index (κ1) is 14.6. The third-order valence-electron chi connectivity index (χ3n) is 2.19. The van der Waals surface area contributed by atoms with Gasteiger partial charge >= 0.3 is 6.18 Å². The van der Waals surface area contributed by atoms with Gasteiger partial charge in [-0.05, 0) is 17.7 Å². The van der Waals surface area contributed by atoms with Gasteiger partial charge in [-0.25, -0.2) is 0 Å². The lowest BCUT2D eigenvalue weighted by molar-refractivity contribution is -0.139. The Morgan fingerprint density at radius 2 is 1.88 bits per heavy atom. The summed E-state index contributed by atoms with van der Waals surface area (Å²) in [5, 5.41) is 18.8. The van der Waals surface area contributed by atoms with Crippen molar-refractivity contribution >= 4 is 24.2 Å². The molecule has 0 bridgehead atoms. The summed E-state index contributed by atoms with van der Waals surface area (Å²) < 4.78 is 38.1. The van der Waals surface area contributed by atoms with Crippen molar-refractivity contribution in [3.63, 3.8) is 0 Å². The van der Waals surface area contributed by atoms with Crippen molar-refractivity contribution in [2.24, 2.45) is 0 Å². The Balaban J connectivity index is 3.24. The van der Waals surface area contributed by atoms with Gasteiger partial charge in [0.1, 0.15) is 6.10 Å². The third-order valence-corrected chi connectivity index (χ3v) is 2.80. The van der Waals surface area contributed by atoms with Crippen LogP contribution in [0.3, 0.4) is 0 Å². The molecule has 1 aromatic rings. The number of hydrogen-bond donors (Lipinski definition) is 3. The van der Waals surface area contributed by atoms with Gasteiger partial charge in [-0.15, -0.1) is 0 Å². The van der Waals surface area contributed by atoms with Gasteiger partial charge in [0, 0.05) is 10.8 Å². The molecule has 7 heteroatoms. The van der Waals surface area contributed by atoms with E-state index >= 15 is 0 Å². The standard InChI is InChI=1S/C10H10ClF3O2S/c11-5-1-2-6(9(16)8(15)4-17)7(3-5)10(12,13)14/h1-3,8-9,15-17H,4H2. The zero-order valence-electron chi connectivity index (χ0n) is 8.45. The maximum atomic E-state index is 12.7. The summed E-state index contributed by atoms with van der Waals surface area (Å²) in [6, 6.07) is 2.98. The maximum Gasteiger partial charge on any atom is 0.416 e. The number of thiol groups is 1. The quantitative estimate of drug-likeness (QED) is 0.748. The Morgan fingerprint density at radius 1 is 1.29 bits per heavy atom. The van der Waals surface area contributed by atoms with Crippen molar-refractivity contribution in [2.45, 2.75) is 18.4 Å². The number of benzene rings is 1. The van der Waals surface area contributed by atoms with Crippen LogP contribution < -0.4 is 0 Å². The summed E-state index contributed by atoms with van der Waals surface area (Å²) >= 11 is 9.20. The lowest BCUT2D eigenvalue weighted by Gasteiger charge is -2.20. The summed E-state index contributed by atoms with van der Waals surface area (Å²) in [7, 11) is 0. The molecule has 2 N–H and O–H groups in total. The molecular weight excluding hydrogens is 277 g/mol. The summed E-state index contributed by atoms with van der Waals surface area (Å²) in [6.45, 7) is 0. The molecule has 0 aliphatic heterocycles. The normalized spacial score (nSPS) is 15.7. The smallest absolute Gasteiger partial charge is 0.389 e. The molecule has 0 saturated carbocycles. The average molecular weight is 287 g/mol. The van der Waals surface area contributed by atoms with E-state index in [1.165, 1.54) is 6.07 Å². The first-order valence-electron chi connectivity index (χ1n) is 4.61. The molecule has 96 valence electrons. The first-order valence-corrected chi connectivity index (χ1v) is 5.62. The molecule has 2 unspecified atom stereocenters. The zero-order valence-corrected chi connectivity index (χ0v) is 10.1. The lowest BCUT2D eigenvalue weighted by Crippen LogP contribution is -2.23. The van der Waals surface area contributed by atoms with Crippen LogP contribution >= 0.6 is 24.2 Å². The van der Waals surface area contributed by atoms with Gasteiger partial charge in [0.25, 0.3) is 0 Å². The molecule has 1 rings (SSSR count). The monoisotopic (exact) mass is 286 g/mol. The topological polar surface area (TPSA) is 40.5 Å². The van der Waals surface area contributed by atoms with Crippen LogP contribution in [0.2, 0.25) is 5.02 Å². The van der Waals surface area contributed by atoms with Crippen molar-refractivity contribution in [1.82, 2.24) is 0 Å². The zero-order chi connectivity index (χ0) is 13.2. The molecule has 0 aromatic heterocycles. The van der Waals surface area contributed by atoms with Crippen molar-refractivity contribution in [3.05, 3.63) is 34.3 Å². The molecule has 0 heterocycles. The van der Waals surface area contributed by atoms with Gasteiger partial charge in [-0.1, -0.05) is 17.7 Å². The van der Waals surface area contributed by atoms with Gasteiger partial charge in [-0.3, -0.25) is 0 Å². The minimum absolute atomic E-state index is 0.0892. The molecule has 1 aromatic carbocycles. The van der Waals surface area contributed by atoms with Crippen LogP contribution in [0.4, 0.5) is 13.2 Å².